The molecule has 0 unspecified atom stereocenters. The number of aromatic hydroxyl groups is 1. The van der Waals surface area contributed by atoms with Crippen LogP contribution in [0, 0.1) is 3.57 Å². The Bertz CT molecular complexity index is 690. The van der Waals surface area contributed by atoms with E-state index in [-0.39, 0.29) is 5.75 Å². The third-order valence-electron chi connectivity index (χ3n) is 3.36. The Morgan fingerprint density at radius 3 is 2.78 bits per heavy atom. The van der Waals surface area contributed by atoms with Crippen molar-refractivity contribution >= 4 is 45.9 Å². The predicted octanol–water partition coefficient (Wildman–Crippen LogP) is 2.36. The lowest BCUT2D eigenvalue weighted by atomic mass is 9.95. The Hall–Kier alpha value is -1.55. The van der Waals surface area contributed by atoms with Crippen LogP contribution in [0.25, 0.3) is 0 Å². The van der Waals surface area contributed by atoms with E-state index in [2.05, 4.69) is 10.6 Å². The molecule has 0 fully saturated rings. The second-order valence-corrected chi connectivity index (χ2v) is 6.41. The van der Waals surface area contributed by atoms with E-state index in [4.69, 9.17) is 21.7 Å². The average Bonchev–Trinajstić information content (AvgIpc) is 2.50. The molecular weight excluding hydrogens is 431 g/mol. The Balaban J connectivity index is 2.56. The lowest BCUT2D eigenvalue weighted by Gasteiger charge is -2.30. The van der Waals surface area contributed by atoms with Gasteiger partial charge in [0.05, 0.1) is 28.9 Å². The van der Waals surface area contributed by atoms with Crippen molar-refractivity contribution in [3.05, 3.63) is 32.5 Å². The van der Waals surface area contributed by atoms with Crippen LogP contribution in [-0.4, -0.2) is 29.9 Å². The first kappa shape index (κ1) is 17.8. The number of ether oxygens (including phenoxy) is 2. The van der Waals surface area contributed by atoms with Crippen molar-refractivity contribution in [3.8, 4) is 11.5 Å². The second-order valence-electron chi connectivity index (χ2n) is 4.84. The fourth-order valence-electron chi connectivity index (χ4n) is 2.35. The number of halogens is 1. The molecule has 2 rings (SSSR count). The van der Waals surface area contributed by atoms with Gasteiger partial charge in [-0.25, -0.2) is 4.79 Å². The SMILES string of the molecule is CCOc1cc([C@H]2NC(=S)NC(C)=C2C(=O)OC)cc(I)c1O. The molecule has 1 atom stereocenters. The van der Waals surface area contributed by atoms with Gasteiger partial charge in [0.2, 0.25) is 0 Å². The zero-order valence-corrected chi connectivity index (χ0v) is 15.9. The lowest BCUT2D eigenvalue weighted by molar-refractivity contribution is -0.136. The minimum absolute atomic E-state index is 0.0769. The van der Waals surface area contributed by atoms with E-state index < -0.39 is 12.0 Å². The lowest BCUT2D eigenvalue weighted by Crippen LogP contribution is -2.45. The van der Waals surface area contributed by atoms with Gasteiger partial charge in [-0.15, -0.1) is 0 Å². The first-order valence-corrected chi connectivity index (χ1v) is 8.39. The van der Waals surface area contributed by atoms with Crippen LogP contribution in [0.2, 0.25) is 0 Å². The number of benzene rings is 1. The van der Waals surface area contributed by atoms with Crippen LogP contribution in [0.3, 0.4) is 0 Å². The summed E-state index contributed by atoms with van der Waals surface area (Å²) in [5.74, 6) is -0.00778. The van der Waals surface area contributed by atoms with Gasteiger partial charge in [0.25, 0.3) is 0 Å². The van der Waals surface area contributed by atoms with E-state index in [0.29, 0.717) is 32.3 Å². The van der Waals surface area contributed by atoms with Gasteiger partial charge in [-0.3, -0.25) is 0 Å². The molecule has 0 bridgehead atoms. The molecular formula is C15H17IN2O4S. The van der Waals surface area contributed by atoms with E-state index in [0.717, 1.165) is 5.56 Å². The molecule has 0 saturated carbocycles. The number of carbonyl (C=O) groups is 1. The summed E-state index contributed by atoms with van der Waals surface area (Å²) in [6.45, 7) is 4.02. The Labute approximate surface area is 153 Å². The maximum Gasteiger partial charge on any atom is 0.337 e. The van der Waals surface area contributed by atoms with Crippen molar-refractivity contribution in [3.63, 3.8) is 0 Å². The highest BCUT2D eigenvalue weighted by atomic mass is 127. The number of allylic oxidation sites excluding steroid dienone is 1. The van der Waals surface area contributed by atoms with Gasteiger partial charge < -0.3 is 25.2 Å². The van der Waals surface area contributed by atoms with Crippen LogP contribution >= 0.6 is 34.8 Å². The topological polar surface area (TPSA) is 79.8 Å². The number of hydrogen-bond donors (Lipinski definition) is 3. The van der Waals surface area contributed by atoms with E-state index in [1.807, 2.05) is 29.5 Å². The van der Waals surface area contributed by atoms with Crippen molar-refractivity contribution in [2.45, 2.75) is 19.9 Å². The number of phenols is 1. The zero-order valence-electron chi connectivity index (χ0n) is 12.9. The summed E-state index contributed by atoms with van der Waals surface area (Å²) in [5.41, 5.74) is 1.82. The molecule has 0 radical (unpaired) electrons. The van der Waals surface area contributed by atoms with E-state index in [9.17, 15) is 9.90 Å². The van der Waals surface area contributed by atoms with E-state index in [1.54, 1.807) is 19.1 Å². The first-order chi connectivity index (χ1) is 10.9. The highest BCUT2D eigenvalue weighted by Gasteiger charge is 2.31. The van der Waals surface area contributed by atoms with E-state index >= 15 is 0 Å². The number of hydrogen-bond acceptors (Lipinski definition) is 5. The summed E-state index contributed by atoms with van der Waals surface area (Å²) >= 11 is 7.20. The monoisotopic (exact) mass is 448 g/mol. The number of nitrogens with one attached hydrogen (secondary N) is 2. The van der Waals surface area contributed by atoms with Crippen LogP contribution in [0.4, 0.5) is 0 Å². The molecule has 0 aliphatic carbocycles. The number of carbonyl (C=O) groups excluding carboxylic acids is 1. The molecule has 1 aromatic carbocycles. The molecule has 0 spiro atoms. The largest absolute Gasteiger partial charge is 0.504 e. The maximum atomic E-state index is 12.1. The highest BCUT2D eigenvalue weighted by molar-refractivity contribution is 14.1. The molecule has 6 nitrogen and oxygen atoms in total. The molecule has 3 N–H and O–H groups in total. The molecule has 23 heavy (non-hydrogen) atoms. The number of esters is 1. The van der Waals surface area contributed by atoms with Crippen LogP contribution in [0.15, 0.2) is 23.4 Å². The number of phenolic OH excluding ortho intramolecular Hbond substituents is 1. The average molecular weight is 448 g/mol. The Morgan fingerprint density at radius 1 is 1.48 bits per heavy atom. The Kier molecular flexibility index (Phi) is 5.69. The van der Waals surface area contributed by atoms with Crippen molar-refractivity contribution in [1.82, 2.24) is 10.6 Å². The van der Waals surface area contributed by atoms with Gasteiger partial charge in [-0.1, -0.05) is 0 Å². The summed E-state index contributed by atoms with van der Waals surface area (Å²) in [6, 6.07) is 2.99. The molecule has 1 heterocycles. The molecule has 124 valence electrons. The number of methoxy groups -OCH3 is 1. The fourth-order valence-corrected chi connectivity index (χ4v) is 3.25. The van der Waals surface area contributed by atoms with E-state index in [1.165, 1.54) is 7.11 Å². The third kappa shape index (κ3) is 3.69. The standard InChI is InChI=1S/C15H17IN2O4S/c1-4-22-10-6-8(5-9(16)13(10)19)12-11(14(20)21-3)7(2)17-15(23)18-12/h5-6,12,19H,4H2,1-3H3,(H2,17,18,23)/t12-/m1/s1. The summed E-state index contributed by atoms with van der Waals surface area (Å²) in [4.78, 5) is 12.1. The molecule has 1 aromatic rings. The van der Waals surface area contributed by atoms with Gasteiger partial charge in [-0.2, -0.15) is 0 Å². The molecule has 0 aromatic heterocycles. The van der Waals surface area contributed by atoms with Crippen molar-refractivity contribution in [1.29, 1.82) is 0 Å². The predicted molar refractivity (Wildman–Crippen MR) is 98.3 cm³/mol. The normalized spacial score (nSPS) is 17.4. The zero-order chi connectivity index (χ0) is 17.1. The van der Waals surface area contributed by atoms with Gasteiger partial charge in [0, 0.05) is 5.70 Å². The van der Waals surface area contributed by atoms with Crippen molar-refractivity contribution < 1.29 is 19.4 Å². The minimum atomic E-state index is -0.482. The van der Waals surface area contributed by atoms with Gasteiger partial charge in [0.15, 0.2) is 16.6 Å². The fraction of sp³-hybridized carbons (Fsp3) is 0.333. The van der Waals surface area contributed by atoms with Gasteiger partial charge in [0.1, 0.15) is 0 Å². The molecule has 0 amide bonds. The maximum absolute atomic E-state index is 12.1. The molecule has 1 aliphatic heterocycles. The van der Waals surface area contributed by atoms with Crippen LogP contribution < -0.4 is 15.4 Å². The molecule has 0 saturated heterocycles. The Morgan fingerprint density at radius 2 is 2.17 bits per heavy atom. The summed E-state index contributed by atoms with van der Waals surface area (Å²) < 4.78 is 11.0. The van der Waals surface area contributed by atoms with Crippen LogP contribution in [0.5, 0.6) is 11.5 Å². The molecule has 8 heteroatoms. The van der Waals surface area contributed by atoms with Crippen LogP contribution in [-0.2, 0) is 9.53 Å². The number of thiocarbonyl (C=S) groups is 1. The minimum Gasteiger partial charge on any atom is -0.504 e. The van der Waals surface area contributed by atoms with Gasteiger partial charge in [-0.05, 0) is 66.4 Å². The van der Waals surface area contributed by atoms with Crippen molar-refractivity contribution in [2.24, 2.45) is 0 Å². The highest BCUT2D eigenvalue weighted by Crippen LogP contribution is 2.37. The summed E-state index contributed by atoms with van der Waals surface area (Å²) in [7, 11) is 1.33. The third-order valence-corrected chi connectivity index (χ3v) is 4.40. The quantitative estimate of drug-likeness (QED) is 0.371. The summed E-state index contributed by atoms with van der Waals surface area (Å²) in [6.07, 6.45) is 0. The summed E-state index contributed by atoms with van der Waals surface area (Å²) in [5, 5.41) is 16.5. The first-order valence-electron chi connectivity index (χ1n) is 6.90. The van der Waals surface area contributed by atoms with Gasteiger partial charge >= 0.3 is 5.97 Å². The second kappa shape index (κ2) is 7.35. The molecule has 1 aliphatic rings. The smallest absolute Gasteiger partial charge is 0.337 e. The van der Waals surface area contributed by atoms with Crippen molar-refractivity contribution in [2.75, 3.05) is 13.7 Å². The van der Waals surface area contributed by atoms with Crippen LogP contribution in [0.1, 0.15) is 25.5 Å². The number of rotatable bonds is 4.